The first-order valence-electron chi connectivity index (χ1n) is 8.84. The molecule has 1 N–H and O–H groups in total. The first kappa shape index (κ1) is 18.7. The number of carboxylic acids is 1. The SMILES string of the molecule is COc1ccc(-c2cc(=NC(C(=O)O)C(C)C)c3cc(C)ccc3o2)cc1. The second-order valence-electron chi connectivity index (χ2n) is 6.88. The Kier molecular flexibility index (Phi) is 5.31. The third-order valence-corrected chi connectivity index (χ3v) is 4.44. The van der Waals surface area contributed by atoms with Crippen molar-refractivity contribution in [1.29, 1.82) is 0 Å². The molecule has 3 aromatic rings. The first-order chi connectivity index (χ1) is 12.9. The molecule has 5 heteroatoms. The molecule has 0 fully saturated rings. The topological polar surface area (TPSA) is 72.0 Å². The van der Waals surface area contributed by atoms with Crippen LogP contribution in [-0.2, 0) is 4.79 Å². The number of fused-ring (bicyclic) bond motifs is 1. The number of carboxylic acid groups (broad SMARTS) is 1. The van der Waals surface area contributed by atoms with E-state index in [0.717, 1.165) is 22.3 Å². The summed E-state index contributed by atoms with van der Waals surface area (Å²) in [5.74, 6) is 0.327. The fourth-order valence-corrected chi connectivity index (χ4v) is 2.93. The summed E-state index contributed by atoms with van der Waals surface area (Å²) in [7, 11) is 1.62. The Labute approximate surface area is 157 Å². The van der Waals surface area contributed by atoms with Crippen LogP contribution in [0.1, 0.15) is 19.4 Å². The molecule has 140 valence electrons. The van der Waals surface area contributed by atoms with E-state index >= 15 is 0 Å². The molecule has 1 atom stereocenters. The molecule has 0 aliphatic heterocycles. The number of carbonyl (C=O) groups is 1. The highest BCUT2D eigenvalue weighted by Gasteiger charge is 2.20. The monoisotopic (exact) mass is 365 g/mol. The van der Waals surface area contributed by atoms with E-state index in [0.29, 0.717) is 16.7 Å². The number of aryl methyl sites for hydroxylation is 1. The molecule has 0 saturated carbocycles. The zero-order valence-electron chi connectivity index (χ0n) is 15.9. The van der Waals surface area contributed by atoms with E-state index in [1.165, 1.54) is 0 Å². The van der Waals surface area contributed by atoms with Crippen LogP contribution in [0, 0.1) is 12.8 Å². The van der Waals surface area contributed by atoms with E-state index in [-0.39, 0.29) is 5.92 Å². The zero-order valence-corrected chi connectivity index (χ0v) is 15.9. The molecular formula is C22H23NO4. The molecule has 1 unspecified atom stereocenters. The smallest absolute Gasteiger partial charge is 0.328 e. The summed E-state index contributed by atoms with van der Waals surface area (Å²) in [5.41, 5.74) is 2.59. The molecule has 0 spiro atoms. The lowest BCUT2D eigenvalue weighted by Gasteiger charge is -2.12. The van der Waals surface area contributed by atoms with Gasteiger partial charge in [-0.2, -0.15) is 0 Å². The predicted octanol–water partition coefficient (Wildman–Crippen LogP) is 4.43. The lowest BCUT2D eigenvalue weighted by Crippen LogP contribution is -2.27. The number of hydrogen-bond acceptors (Lipinski definition) is 4. The Bertz CT molecular complexity index is 1030. The van der Waals surface area contributed by atoms with Crippen molar-refractivity contribution in [3.63, 3.8) is 0 Å². The van der Waals surface area contributed by atoms with Crippen molar-refractivity contribution in [3.8, 4) is 17.1 Å². The maximum Gasteiger partial charge on any atom is 0.328 e. The molecule has 2 aromatic carbocycles. The Morgan fingerprint density at radius 3 is 2.41 bits per heavy atom. The molecule has 3 rings (SSSR count). The van der Waals surface area contributed by atoms with E-state index in [2.05, 4.69) is 4.99 Å². The van der Waals surface area contributed by atoms with Gasteiger partial charge in [-0.3, -0.25) is 4.99 Å². The number of benzene rings is 2. The highest BCUT2D eigenvalue weighted by molar-refractivity contribution is 5.80. The third-order valence-electron chi connectivity index (χ3n) is 4.44. The van der Waals surface area contributed by atoms with E-state index < -0.39 is 12.0 Å². The van der Waals surface area contributed by atoms with Crippen molar-refractivity contribution >= 4 is 16.9 Å². The summed E-state index contributed by atoms with van der Waals surface area (Å²) in [6.45, 7) is 5.69. The lowest BCUT2D eigenvalue weighted by molar-refractivity contribution is -0.139. The Hall–Kier alpha value is -3.08. The largest absolute Gasteiger partial charge is 0.497 e. The average molecular weight is 365 g/mol. The van der Waals surface area contributed by atoms with Gasteiger partial charge in [-0.15, -0.1) is 0 Å². The predicted molar refractivity (Wildman–Crippen MR) is 105 cm³/mol. The van der Waals surface area contributed by atoms with Crippen LogP contribution in [0.25, 0.3) is 22.3 Å². The van der Waals surface area contributed by atoms with Gasteiger partial charge in [0.1, 0.15) is 23.1 Å². The molecule has 0 amide bonds. The second-order valence-corrected chi connectivity index (χ2v) is 6.88. The van der Waals surface area contributed by atoms with Crippen molar-refractivity contribution < 1.29 is 19.1 Å². The van der Waals surface area contributed by atoms with E-state index in [1.54, 1.807) is 7.11 Å². The van der Waals surface area contributed by atoms with E-state index in [9.17, 15) is 9.90 Å². The minimum Gasteiger partial charge on any atom is -0.497 e. The molecule has 0 aliphatic carbocycles. The van der Waals surface area contributed by atoms with Crippen LogP contribution < -0.4 is 10.1 Å². The number of hydrogen-bond donors (Lipinski definition) is 1. The Morgan fingerprint density at radius 2 is 1.81 bits per heavy atom. The first-order valence-corrected chi connectivity index (χ1v) is 8.84. The zero-order chi connectivity index (χ0) is 19.6. The number of aliphatic carboxylic acids is 1. The molecular weight excluding hydrogens is 342 g/mol. The molecule has 0 bridgehead atoms. The minimum atomic E-state index is -0.933. The molecule has 1 aromatic heterocycles. The molecule has 1 heterocycles. The average Bonchev–Trinajstić information content (AvgIpc) is 2.65. The third kappa shape index (κ3) is 4.03. The van der Waals surface area contributed by atoms with Crippen molar-refractivity contribution in [2.45, 2.75) is 26.8 Å². The summed E-state index contributed by atoms with van der Waals surface area (Å²) in [6.07, 6.45) is 0. The van der Waals surface area contributed by atoms with Gasteiger partial charge in [0.25, 0.3) is 0 Å². The van der Waals surface area contributed by atoms with Gasteiger partial charge in [-0.05, 0) is 49.2 Å². The fourth-order valence-electron chi connectivity index (χ4n) is 2.93. The molecule has 0 aliphatic rings. The maximum absolute atomic E-state index is 11.6. The number of nitrogens with zero attached hydrogens (tertiary/aromatic N) is 1. The van der Waals surface area contributed by atoms with Crippen molar-refractivity contribution in [3.05, 3.63) is 59.5 Å². The standard InChI is InChI=1S/C22H23NO4/c1-13(2)21(22(24)25)23-18-12-20(15-6-8-16(26-4)9-7-15)27-19-10-5-14(3)11-17(18)19/h5-13,21H,1-4H3,(H,24,25). The van der Waals surface area contributed by atoms with Gasteiger partial charge in [0.15, 0.2) is 0 Å². The summed E-state index contributed by atoms with van der Waals surface area (Å²) in [5, 5.41) is 11.0. The minimum absolute atomic E-state index is 0.121. The molecule has 5 nitrogen and oxygen atoms in total. The highest BCUT2D eigenvalue weighted by Crippen LogP contribution is 2.25. The van der Waals surface area contributed by atoms with Crippen LogP contribution in [0.2, 0.25) is 0 Å². The van der Waals surface area contributed by atoms with Gasteiger partial charge in [-0.25, -0.2) is 4.79 Å². The summed E-state index contributed by atoms with van der Waals surface area (Å²) in [4.78, 5) is 16.2. The molecule has 0 radical (unpaired) electrons. The van der Waals surface area contributed by atoms with Gasteiger partial charge in [0, 0.05) is 17.0 Å². The molecule has 27 heavy (non-hydrogen) atoms. The summed E-state index contributed by atoms with van der Waals surface area (Å²) >= 11 is 0. The summed E-state index contributed by atoms with van der Waals surface area (Å²) in [6, 6.07) is 14.3. The van der Waals surface area contributed by atoms with Gasteiger partial charge >= 0.3 is 5.97 Å². The highest BCUT2D eigenvalue weighted by atomic mass is 16.5. The van der Waals surface area contributed by atoms with Crippen LogP contribution in [0.4, 0.5) is 0 Å². The number of ether oxygens (including phenoxy) is 1. The van der Waals surface area contributed by atoms with Crippen LogP contribution in [0.3, 0.4) is 0 Å². The summed E-state index contributed by atoms with van der Waals surface area (Å²) < 4.78 is 11.3. The molecule has 0 saturated heterocycles. The van der Waals surface area contributed by atoms with Crippen LogP contribution >= 0.6 is 0 Å². The van der Waals surface area contributed by atoms with Gasteiger partial charge in [0.2, 0.25) is 0 Å². The second kappa shape index (κ2) is 7.66. The lowest BCUT2D eigenvalue weighted by atomic mass is 10.0. The number of methoxy groups -OCH3 is 1. The van der Waals surface area contributed by atoms with E-state index in [1.807, 2.05) is 69.3 Å². The Balaban J connectivity index is 2.26. The fraction of sp³-hybridized carbons (Fsp3) is 0.273. The quantitative estimate of drug-likeness (QED) is 0.726. The van der Waals surface area contributed by atoms with Crippen molar-refractivity contribution in [2.75, 3.05) is 7.11 Å². The van der Waals surface area contributed by atoms with Crippen LogP contribution in [0.5, 0.6) is 5.75 Å². The van der Waals surface area contributed by atoms with Crippen LogP contribution in [-0.4, -0.2) is 24.2 Å². The maximum atomic E-state index is 11.6. The number of rotatable bonds is 5. The van der Waals surface area contributed by atoms with Gasteiger partial charge < -0.3 is 14.3 Å². The van der Waals surface area contributed by atoms with Gasteiger partial charge in [0.05, 0.1) is 12.5 Å². The van der Waals surface area contributed by atoms with Crippen molar-refractivity contribution in [1.82, 2.24) is 0 Å². The van der Waals surface area contributed by atoms with Gasteiger partial charge in [-0.1, -0.05) is 25.5 Å². The normalized spacial score (nSPS) is 13.1. The van der Waals surface area contributed by atoms with Crippen LogP contribution in [0.15, 0.2) is 57.9 Å². The Morgan fingerprint density at radius 1 is 1.11 bits per heavy atom. The van der Waals surface area contributed by atoms with E-state index in [4.69, 9.17) is 9.15 Å². The van der Waals surface area contributed by atoms with Crippen molar-refractivity contribution in [2.24, 2.45) is 10.9 Å².